The van der Waals surface area contributed by atoms with Crippen LogP contribution in [0.3, 0.4) is 0 Å². The number of para-hydroxylation sites is 1. The number of amides is 1. The Hall–Kier alpha value is -3.86. The van der Waals surface area contributed by atoms with Crippen LogP contribution in [0.2, 0.25) is 0 Å². The molecule has 1 atom stereocenters. The van der Waals surface area contributed by atoms with E-state index in [-0.39, 0.29) is 0 Å². The number of hydrogen-bond donors (Lipinski definition) is 1. The fourth-order valence-corrected chi connectivity index (χ4v) is 2.58. The van der Waals surface area contributed by atoms with Crippen molar-refractivity contribution in [2.45, 2.75) is 20.0 Å². The van der Waals surface area contributed by atoms with E-state index in [0.717, 1.165) is 16.9 Å². The van der Waals surface area contributed by atoms with E-state index < -0.39 is 18.0 Å². The summed E-state index contributed by atoms with van der Waals surface area (Å²) in [4.78, 5) is 24.3. The fraction of sp³-hybridized carbons (Fsp3) is 0.120. The first kappa shape index (κ1) is 20.9. The van der Waals surface area contributed by atoms with Crippen molar-refractivity contribution in [3.05, 3.63) is 96.1 Å². The third kappa shape index (κ3) is 6.34. The summed E-state index contributed by atoms with van der Waals surface area (Å²) in [7, 11) is 0. The lowest BCUT2D eigenvalue weighted by Gasteiger charge is -2.13. The topological polar surface area (TPSA) is 64.6 Å². The normalized spacial score (nSPS) is 11.7. The molecule has 1 N–H and O–H groups in total. The molecule has 0 aliphatic rings. The van der Waals surface area contributed by atoms with E-state index in [2.05, 4.69) is 5.32 Å². The molecule has 0 aromatic heterocycles. The zero-order chi connectivity index (χ0) is 21.3. The molecule has 0 spiro atoms. The second-order valence-electron chi connectivity index (χ2n) is 6.75. The van der Waals surface area contributed by atoms with Crippen molar-refractivity contribution in [2.24, 2.45) is 0 Å². The second-order valence-corrected chi connectivity index (χ2v) is 6.75. The highest BCUT2D eigenvalue weighted by atomic mass is 16.5. The molecule has 0 saturated heterocycles. The van der Waals surface area contributed by atoms with Gasteiger partial charge in [0.25, 0.3) is 5.91 Å². The summed E-state index contributed by atoms with van der Waals surface area (Å²) in [5.74, 6) is 0.391. The van der Waals surface area contributed by atoms with Crippen molar-refractivity contribution in [3.63, 3.8) is 0 Å². The number of esters is 1. The number of ether oxygens (including phenoxy) is 2. The van der Waals surface area contributed by atoms with E-state index in [1.807, 2.05) is 61.5 Å². The monoisotopic (exact) mass is 401 g/mol. The average molecular weight is 401 g/mol. The first-order valence-electron chi connectivity index (χ1n) is 9.59. The lowest BCUT2D eigenvalue weighted by atomic mass is 10.1. The summed E-state index contributed by atoms with van der Waals surface area (Å²) < 4.78 is 10.9. The third-order valence-electron chi connectivity index (χ3n) is 4.25. The Morgan fingerprint density at radius 2 is 1.50 bits per heavy atom. The highest BCUT2D eigenvalue weighted by molar-refractivity contribution is 5.96. The molecule has 152 valence electrons. The van der Waals surface area contributed by atoms with Crippen LogP contribution in [-0.4, -0.2) is 18.0 Å². The summed E-state index contributed by atoms with van der Waals surface area (Å²) >= 11 is 0. The van der Waals surface area contributed by atoms with Crippen molar-refractivity contribution >= 4 is 23.6 Å². The first-order valence-corrected chi connectivity index (χ1v) is 9.59. The molecule has 0 saturated carbocycles. The van der Waals surface area contributed by atoms with Crippen LogP contribution in [0.4, 0.5) is 5.69 Å². The molecule has 0 aliphatic carbocycles. The standard InChI is InChI=1S/C25H23NO4/c1-18-8-10-20(11-9-18)12-17-24(27)29-19(2)25(28)26-21-13-15-23(16-14-21)30-22-6-4-3-5-7-22/h3-17,19H,1-2H3,(H,26,28)/b17-12+/t19-/m0/s1. The van der Waals surface area contributed by atoms with Gasteiger partial charge in [0.2, 0.25) is 0 Å². The molecule has 3 aromatic carbocycles. The molecule has 0 bridgehead atoms. The lowest BCUT2D eigenvalue weighted by Crippen LogP contribution is -2.29. The summed E-state index contributed by atoms with van der Waals surface area (Å²) in [6.45, 7) is 3.52. The number of carbonyl (C=O) groups is 2. The maximum atomic E-state index is 12.3. The Kier molecular flexibility index (Phi) is 7.00. The molecule has 0 heterocycles. The van der Waals surface area contributed by atoms with Gasteiger partial charge in [0.15, 0.2) is 6.10 Å². The molecular weight excluding hydrogens is 378 g/mol. The van der Waals surface area contributed by atoms with Crippen molar-refractivity contribution in [1.29, 1.82) is 0 Å². The van der Waals surface area contributed by atoms with E-state index in [0.29, 0.717) is 11.4 Å². The van der Waals surface area contributed by atoms with Crippen LogP contribution in [0.25, 0.3) is 6.08 Å². The van der Waals surface area contributed by atoms with Gasteiger partial charge in [-0.05, 0) is 61.9 Å². The molecule has 1 amide bonds. The Morgan fingerprint density at radius 3 is 2.17 bits per heavy atom. The Morgan fingerprint density at radius 1 is 0.867 bits per heavy atom. The van der Waals surface area contributed by atoms with Crippen LogP contribution < -0.4 is 10.1 Å². The van der Waals surface area contributed by atoms with E-state index in [1.165, 1.54) is 13.0 Å². The fourth-order valence-electron chi connectivity index (χ4n) is 2.58. The van der Waals surface area contributed by atoms with Crippen molar-refractivity contribution in [2.75, 3.05) is 5.32 Å². The summed E-state index contributed by atoms with van der Waals surface area (Å²) in [6.07, 6.45) is 2.03. The van der Waals surface area contributed by atoms with Gasteiger partial charge in [-0.25, -0.2) is 4.79 Å². The molecule has 0 aliphatic heterocycles. The first-order chi connectivity index (χ1) is 14.5. The number of benzene rings is 3. The minimum absolute atomic E-state index is 0.413. The molecule has 3 rings (SSSR count). The number of aryl methyl sites for hydroxylation is 1. The zero-order valence-corrected chi connectivity index (χ0v) is 16.9. The van der Waals surface area contributed by atoms with Crippen molar-refractivity contribution < 1.29 is 19.1 Å². The van der Waals surface area contributed by atoms with Crippen LogP contribution in [0.5, 0.6) is 11.5 Å². The van der Waals surface area contributed by atoms with E-state index in [1.54, 1.807) is 30.3 Å². The van der Waals surface area contributed by atoms with Crippen LogP contribution in [0, 0.1) is 6.92 Å². The van der Waals surface area contributed by atoms with Crippen molar-refractivity contribution in [1.82, 2.24) is 0 Å². The molecular formula is C25H23NO4. The average Bonchev–Trinajstić information content (AvgIpc) is 2.75. The Balaban J connectivity index is 1.49. The number of nitrogens with one attached hydrogen (secondary N) is 1. The van der Waals surface area contributed by atoms with Gasteiger partial charge < -0.3 is 14.8 Å². The molecule has 3 aromatic rings. The minimum Gasteiger partial charge on any atom is -0.457 e. The SMILES string of the molecule is Cc1ccc(/C=C/C(=O)O[C@@H](C)C(=O)Nc2ccc(Oc3ccccc3)cc2)cc1. The quantitative estimate of drug-likeness (QED) is 0.427. The van der Waals surface area contributed by atoms with Gasteiger partial charge in [-0.1, -0.05) is 48.0 Å². The van der Waals surface area contributed by atoms with Gasteiger partial charge in [-0.2, -0.15) is 0 Å². The Labute approximate surface area is 176 Å². The highest BCUT2D eigenvalue weighted by Crippen LogP contribution is 2.22. The summed E-state index contributed by atoms with van der Waals surface area (Å²) in [5.41, 5.74) is 2.60. The van der Waals surface area contributed by atoms with E-state index in [4.69, 9.17) is 9.47 Å². The number of anilines is 1. The molecule has 5 nitrogen and oxygen atoms in total. The number of rotatable bonds is 7. The predicted octanol–water partition coefficient (Wildman–Crippen LogP) is 5.37. The number of hydrogen-bond acceptors (Lipinski definition) is 4. The Bertz CT molecular complexity index is 1010. The van der Waals surface area contributed by atoms with Gasteiger partial charge in [0.1, 0.15) is 11.5 Å². The van der Waals surface area contributed by atoms with Crippen LogP contribution >= 0.6 is 0 Å². The van der Waals surface area contributed by atoms with Gasteiger partial charge in [-0.15, -0.1) is 0 Å². The van der Waals surface area contributed by atoms with Gasteiger partial charge in [-0.3, -0.25) is 4.79 Å². The summed E-state index contributed by atoms with van der Waals surface area (Å²) in [5, 5.41) is 2.72. The van der Waals surface area contributed by atoms with Crippen LogP contribution in [0.1, 0.15) is 18.1 Å². The van der Waals surface area contributed by atoms with Gasteiger partial charge in [0, 0.05) is 11.8 Å². The zero-order valence-electron chi connectivity index (χ0n) is 16.9. The van der Waals surface area contributed by atoms with Crippen LogP contribution in [-0.2, 0) is 14.3 Å². The largest absolute Gasteiger partial charge is 0.457 e. The minimum atomic E-state index is -0.930. The predicted molar refractivity (Wildman–Crippen MR) is 117 cm³/mol. The molecule has 0 unspecified atom stereocenters. The maximum Gasteiger partial charge on any atom is 0.331 e. The molecule has 30 heavy (non-hydrogen) atoms. The second kappa shape index (κ2) is 10.1. The van der Waals surface area contributed by atoms with Crippen molar-refractivity contribution in [3.8, 4) is 11.5 Å². The van der Waals surface area contributed by atoms with Gasteiger partial charge >= 0.3 is 5.97 Å². The molecule has 0 fully saturated rings. The molecule has 0 radical (unpaired) electrons. The highest BCUT2D eigenvalue weighted by Gasteiger charge is 2.16. The molecule has 5 heteroatoms. The van der Waals surface area contributed by atoms with E-state index in [9.17, 15) is 9.59 Å². The smallest absolute Gasteiger partial charge is 0.331 e. The lowest BCUT2D eigenvalue weighted by molar-refractivity contribution is -0.148. The van der Waals surface area contributed by atoms with Gasteiger partial charge in [0.05, 0.1) is 0 Å². The van der Waals surface area contributed by atoms with E-state index >= 15 is 0 Å². The van der Waals surface area contributed by atoms with Crippen LogP contribution in [0.15, 0.2) is 84.9 Å². The number of carbonyl (C=O) groups excluding carboxylic acids is 2. The summed E-state index contributed by atoms with van der Waals surface area (Å²) in [6, 6.07) is 24.1. The maximum absolute atomic E-state index is 12.3. The third-order valence-corrected chi connectivity index (χ3v) is 4.25.